The summed E-state index contributed by atoms with van der Waals surface area (Å²) in [6.07, 6.45) is 1.98. The Morgan fingerprint density at radius 3 is 2.86 bits per heavy atom. The molecule has 1 aromatic heterocycles. The number of nitrogens with two attached hydrogens (primary N) is 1. The van der Waals surface area contributed by atoms with Crippen LogP contribution in [0.5, 0.6) is 0 Å². The predicted octanol–water partition coefficient (Wildman–Crippen LogP) is 3.23. The van der Waals surface area contributed by atoms with Gasteiger partial charge in [-0.05, 0) is 30.5 Å². The molecule has 110 valence electrons. The molecule has 1 unspecified atom stereocenters. The SMILES string of the molecule is NCc1nc(C(=O)N2CCCC2c2ccc(Cl)cc2)cs1. The van der Waals surface area contributed by atoms with Gasteiger partial charge in [0.1, 0.15) is 10.7 Å². The summed E-state index contributed by atoms with van der Waals surface area (Å²) in [6.45, 7) is 1.14. The number of hydrogen-bond donors (Lipinski definition) is 1. The van der Waals surface area contributed by atoms with Crippen LogP contribution < -0.4 is 5.73 Å². The number of benzene rings is 1. The Balaban J connectivity index is 1.83. The minimum atomic E-state index is -0.0107. The van der Waals surface area contributed by atoms with Gasteiger partial charge in [-0.25, -0.2) is 4.98 Å². The Bertz CT molecular complexity index is 641. The summed E-state index contributed by atoms with van der Waals surface area (Å²) >= 11 is 7.37. The van der Waals surface area contributed by atoms with Gasteiger partial charge in [0.15, 0.2) is 0 Å². The second kappa shape index (κ2) is 6.13. The van der Waals surface area contributed by atoms with Crippen LogP contribution in [0, 0.1) is 0 Å². The second-order valence-electron chi connectivity index (χ2n) is 5.04. The quantitative estimate of drug-likeness (QED) is 0.944. The molecule has 2 N–H and O–H groups in total. The van der Waals surface area contributed by atoms with Crippen LogP contribution in [0.15, 0.2) is 29.6 Å². The van der Waals surface area contributed by atoms with Gasteiger partial charge in [-0.2, -0.15) is 0 Å². The number of carbonyl (C=O) groups is 1. The van der Waals surface area contributed by atoms with E-state index in [1.807, 2.05) is 29.2 Å². The Morgan fingerprint density at radius 2 is 2.19 bits per heavy atom. The van der Waals surface area contributed by atoms with E-state index in [9.17, 15) is 4.79 Å². The molecule has 0 saturated carbocycles. The van der Waals surface area contributed by atoms with Gasteiger partial charge in [-0.1, -0.05) is 23.7 Å². The van der Waals surface area contributed by atoms with Crippen molar-refractivity contribution in [3.63, 3.8) is 0 Å². The molecule has 1 atom stereocenters. The summed E-state index contributed by atoms with van der Waals surface area (Å²) in [7, 11) is 0. The molecule has 0 bridgehead atoms. The van der Waals surface area contributed by atoms with Gasteiger partial charge in [-0.15, -0.1) is 11.3 Å². The zero-order chi connectivity index (χ0) is 14.8. The van der Waals surface area contributed by atoms with Crippen molar-refractivity contribution < 1.29 is 4.79 Å². The van der Waals surface area contributed by atoms with E-state index in [0.29, 0.717) is 17.3 Å². The number of hydrogen-bond acceptors (Lipinski definition) is 4. The lowest BCUT2D eigenvalue weighted by atomic mass is 10.0. The Labute approximate surface area is 132 Å². The molecule has 1 amide bonds. The first-order valence-corrected chi connectivity index (χ1v) is 8.15. The minimum Gasteiger partial charge on any atom is -0.330 e. The lowest BCUT2D eigenvalue weighted by molar-refractivity contribution is 0.0730. The Kier molecular flexibility index (Phi) is 4.24. The molecule has 1 aromatic carbocycles. The molecule has 0 aliphatic carbocycles. The molecule has 1 aliphatic rings. The molecule has 1 saturated heterocycles. The zero-order valence-electron chi connectivity index (χ0n) is 11.5. The normalized spacial score (nSPS) is 18.2. The minimum absolute atomic E-state index is 0.0107. The fourth-order valence-corrected chi connectivity index (χ4v) is 3.47. The van der Waals surface area contributed by atoms with Crippen LogP contribution in [0.2, 0.25) is 5.02 Å². The number of carbonyl (C=O) groups excluding carboxylic acids is 1. The Morgan fingerprint density at radius 1 is 1.43 bits per heavy atom. The molecule has 2 heterocycles. The zero-order valence-corrected chi connectivity index (χ0v) is 13.0. The summed E-state index contributed by atoms with van der Waals surface area (Å²) < 4.78 is 0. The fourth-order valence-electron chi connectivity index (χ4n) is 2.69. The third kappa shape index (κ3) is 2.95. The highest BCUT2D eigenvalue weighted by atomic mass is 35.5. The highest BCUT2D eigenvalue weighted by Gasteiger charge is 2.31. The van der Waals surface area contributed by atoms with Gasteiger partial charge in [0, 0.05) is 23.5 Å². The van der Waals surface area contributed by atoms with Crippen LogP contribution in [0.25, 0.3) is 0 Å². The van der Waals surface area contributed by atoms with Crippen molar-refractivity contribution in [2.75, 3.05) is 6.54 Å². The molecule has 0 radical (unpaired) electrons. The van der Waals surface area contributed by atoms with Gasteiger partial charge in [-0.3, -0.25) is 4.79 Å². The smallest absolute Gasteiger partial charge is 0.273 e. The third-order valence-corrected chi connectivity index (χ3v) is 4.84. The molecule has 21 heavy (non-hydrogen) atoms. The number of thiazole rings is 1. The average Bonchev–Trinajstić information content (AvgIpc) is 3.16. The lowest BCUT2D eigenvalue weighted by Gasteiger charge is -2.24. The molecule has 0 spiro atoms. The van der Waals surface area contributed by atoms with E-state index in [-0.39, 0.29) is 11.9 Å². The summed E-state index contributed by atoms with van der Waals surface area (Å²) in [5, 5.41) is 3.30. The van der Waals surface area contributed by atoms with Crippen molar-refractivity contribution in [1.29, 1.82) is 0 Å². The number of nitrogens with zero attached hydrogens (tertiary/aromatic N) is 2. The van der Waals surface area contributed by atoms with Crippen molar-refractivity contribution in [3.8, 4) is 0 Å². The van der Waals surface area contributed by atoms with E-state index >= 15 is 0 Å². The fraction of sp³-hybridized carbons (Fsp3) is 0.333. The summed E-state index contributed by atoms with van der Waals surface area (Å²) in [5.74, 6) is -0.0107. The van der Waals surface area contributed by atoms with E-state index in [1.165, 1.54) is 11.3 Å². The van der Waals surface area contributed by atoms with E-state index in [4.69, 9.17) is 17.3 Å². The highest BCUT2D eigenvalue weighted by molar-refractivity contribution is 7.09. The molecule has 3 rings (SSSR count). The predicted molar refractivity (Wildman–Crippen MR) is 84.5 cm³/mol. The largest absolute Gasteiger partial charge is 0.330 e. The van der Waals surface area contributed by atoms with Crippen LogP contribution in [0.4, 0.5) is 0 Å². The Hall–Kier alpha value is -1.43. The van der Waals surface area contributed by atoms with Crippen molar-refractivity contribution >= 4 is 28.8 Å². The van der Waals surface area contributed by atoms with Crippen LogP contribution in [-0.4, -0.2) is 22.3 Å². The molecule has 1 aliphatic heterocycles. The van der Waals surface area contributed by atoms with Crippen LogP contribution in [0.3, 0.4) is 0 Å². The standard InChI is InChI=1S/C15H16ClN3OS/c16-11-5-3-10(4-6-11)13-2-1-7-19(13)15(20)12-9-21-14(8-17)18-12/h3-6,9,13H,1-2,7-8,17H2. The van der Waals surface area contributed by atoms with Crippen molar-refractivity contribution in [1.82, 2.24) is 9.88 Å². The van der Waals surface area contributed by atoms with E-state index in [2.05, 4.69) is 4.98 Å². The highest BCUT2D eigenvalue weighted by Crippen LogP contribution is 2.33. The first kappa shape index (κ1) is 14.5. The van der Waals surface area contributed by atoms with E-state index in [1.54, 1.807) is 5.38 Å². The molecule has 6 heteroatoms. The average molecular weight is 322 g/mol. The summed E-state index contributed by atoms with van der Waals surface area (Å²) in [6, 6.07) is 7.83. The van der Waals surface area contributed by atoms with Crippen molar-refractivity contribution in [2.24, 2.45) is 5.73 Å². The molecule has 4 nitrogen and oxygen atoms in total. The molecular formula is C15H16ClN3OS. The van der Waals surface area contributed by atoms with Gasteiger partial charge < -0.3 is 10.6 Å². The number of amides is 1. The molecular weight excluding hydrogens is 306 g/mol. The number of rotatable bonds is 3. The van der Waals surface area contributed by atoms with E-state index in [0.717, 1.165) is 30.0 Å². The summed E-state index contributed by atoms with van der Waals surface area (Å²) in [5.41, 5.74) is 7.19. The van der Waals surface area contributed by atoms with Crippen LogP contribution >= 0.6 is 22.9 Å². The van der Waals surface area contributed by atoms with Crippen molar-refractivity contribution in [2.45, 2.75) is 25.4 Å². The second-order valence-corrected chi connectivity index (χ2v) is 6.42. The van der Waals surface area contributed by atoms with Crippen LogP contribution in [0.1, 0.15) is 39.9 Å². The molecule has 2 aromatic rings. The van der Waals surface area contributed by atoms with Gasteiger partial charge in [0.25, 0.3) is 5.91 Å². The maximum Gasteiger partial charge on any atom is 0.273 e. The van der Waals surface area contributed by atoms with Gasteiger partial charge in [0.2, 0.25) is 0 Å². The maximum atomic E-state index is 12.6. The van der Waals surface area contributed by atoms with Gasteiger partial charge >= 0.3 is 0 Å². The third-order valence-electron chi connectivity index (χ3n) is 3.71. The first-order valence-electron chi connectivity index (χ1n) is 6.90. The first-order chi connectivity index (χ1) is 10.2. The van der Waals surface area contributed by atoms with Gasteiger partial charge in [0.05, 0.1) is 6.04 Å². The molecule has 1 fully saturated rings. The number of halogens is 1. The number of likely N-dealkylation sites (tertiary alicyclic amines) is 1. The monoisotopic (exact) mass is 321 g/mol. The van der Waals surface area contributed by atoms with E-state index < -0.39 is 0 Å². The lowest BCUT2D eigenvalue weighted by Crippen LogP contribution is -2.30. The maximum absolute atomic E-state index is 12.6. The van der Waals surface area contributed by atoms with Crippen LogP contribution in [-0.2, 0) is 6.54 Å². The topological polar surface area (TPSA) is 59.2 Å². The number of aromatic nitrogens is 1. The van der Waals surface area contributed by atoms with Crippen molar-refractivity contribution in [3.05, 3.63) is 50.9 Å². The summed E-state index contributed by atoms with van der Waals surface area (Å²) in [4.78, 5) is 18.8.